The van der Waals surface area contributed by atoms with E-state index in [0.29, 0.717) is 5.39 Å². The molecule has 0 saturated carbocycles. The molecule has 16 heavy (non-hydrogen) atoms. The maximum atomic E-state index is 12.2. The molecule has 4 nitrogen and oxygen atoms in total. The van der Waals surface area contributed by atoms with Crippen LogP contribution >= 0.6 is 0 Å². The Labute approximate surface area is 92.5 Å². The molecule has 0 bridgehead atoms. The highest BCUT2D eigenvalue weighted by atomic mass is 16.5. The number of fused-ring (bicyclic) bond motifs is 2. The van der Waals surface area contributed by atoms with E-state index >= 15 is 0 Å². The zero-order valence-corrected chi connectivity index (χ0v) is 9.01. The SMILES string of the molecule is COC1CCc2nc3ccccc3c(=O)n21. The highest BCUT2D eigenvalue weighted by molar-refractivity contribution is 5.77. The molecule has 0 fully saturated rings. The minimum Gasteiger partial charge on any atom is -0.361 e. The lowest BCUT2D eigenvalue weighted by Gasteiger charge is -2.12. The molecule has 2 heterocycles. The van der Waals surface area contributed by atoms with Gasteiger partial charge in [-0.2, -0.15) is 0 Å². The van der Waals surface area contributed by atoms with E-state index < -0.39 is 0 Å². The summed E-state index contributed by atoms with van der Waals surface area (Å²) in [5, 5.41) is 0.662. The number of aryl methyl sites for hydroxylation is 1. The number of ether oxygens (including phenoxy) is 1. The van der Waals surface area contributed by atoms with Gasteiger partial charge in [-0.05, 0) is 18.6 Å². The number of methoxy groups -OCH3 is 1. The van der Waals surface area contributed by atoms with E-state index in [4.69, 9.17) is 4.74 Å². The molecule has 3 rings (SSSR count). The second-order valence-corrected chi connectivity index (χ2v) is 3.95. The van der Waals surface area contributed by atoms with E-state index in [-0.39, 0.29) is 11.8 Å². The van der Waals surface area contributed by atoms with Gasteiger partial charge >= 0.3 is 0 Å². The molecular formula is C12H12N2O2. The minimum atomic E-state index is -0.153. The zero-order chi connectivity index (χ0) is 11.1. The van der Waals surface area contributed by atoms with Crippen molar-refractivity contribution in [1.82, 2.24) is 9.55 Å². The largest absolute Gasteiger partial charge is 0.361 e. The summed E-state index contributed by atoms with van der Waals surface area (Å²) in [6, 6.07) is 7.43. The summed E-state index contributed by atoms with van der Waals surface area (Å²) in [7, 11) is 1.63. The first kappa shape index (κ1) is 9.54. The third kappa shape index (κ3) is 1.20. The zero-order valence-electron chi connectivity index (χ0n) is 9.01. The van der Waals surface area contributed by atoms with Crippen molar-refractivity contribution in [1.29, 1.82) is 0 Å². The van der Waals surface area contributed by atoms with Crippen molar-refractivity contribution < 1.29 is 4.74 Å². The fraction of sp³-hybridized carbons (Fsp3) is 0.333. The van der Waals surface area contributed by atoms with Gasteiger partial charge in [-0.1, -0.05) is 12.1 Å². The Morgan fingerprint density at radius 1 is 1.44 bits per heavy atom. The normalized spacial score (nSPS) is 18.9. The topological polar surface area (TPSA) is 44.1 Å². The molecule has 0 N–H and O–H groups in total. The Morgan fingerprint density at radius 3 is 3.06 bits per heavy atom. The maximum Gasteiger partial charge on any atom is 0.263 e. The lowest BCUT2D eigenvalue weighted by Crippen LogP contribution is -2.25. The highest BCUT2D eigenvalue weighted by Crippen LogP contribution is 2.23. The molecule has 0 aliphatic carbocycles. The molecule has 1 aromatic carbocycles. The van der Waals surface area contributed by atoms with Crippen LogP contribution in [0.5, 0.6) is 0 Å². The average Bonchev–Trinajstić information content (AvgIpc) is 2.72. The van der Waals surface area contributed by atoms with Gasteiger partial charge in [0.2, 0.25) is 0 Å². The molecule has 0 amide bonds. The Balaban J connectivity index is 2.37. The molecule has 1 aromatic heterocycles. The summed E-state index contributed by atoms with van der Waals surface area (Å²) in [5.41, 5.74) is 0.778. The van der Waals surface area contributed by atoms with Gasteiger partial charge in [0, 0.05) is 13.5 Å². The van der Waals surface area contributed by atoms with Crippen LogP contribution in [0.2, 0.25) is 0 Å². The van der Waals surface area contributed by atoms with Crippen LogP contribution in [0.3, 0.4) is 0 Å². The Kier molecular flexibility index (Phi) is 2.04. The summed E-state index contributed by atoms with van der Waals surface area (Å²) in [6.45, 7) is 0. The van der Waals surface area contributed by atoms with Gasteiger partial charge in [0.05, 0.1) is 10.9 Å². The predicted molar refractivity (Wildman–Crippen MR) is 60.4 cm³/mol. The van der Waals surface area contributed by atoms with Crippen LogP contribution < -0.4 is 5.56 Å². The molecule has 4 heteroatoms. The maximum absolute atomic E-state index is 12.2. The lowest BCUT2D eigenvalue weighted by molar-refractivity contribution is 0.0490. The van der Waals surface area contributed by atoms with Crippen LogP contribution in [-0.4, -0.2) is 16.7 Å². The van der Waals surface area contributed by atoms with E-state index in [1.807, 2.05) is 24.3 Å². The molecule has 1 atom stereocenters. The van der Waals surface area contributed by atoms with Crippen LogP contribution in [0.15, 0.2) is 29.1 Å². The molecular weight excluding hydrogens is 204 g/mol. The molecule has 1 aliphatic heterocycles. The number of nitrogens with zero attached hydrogens (tertiary/aromatic N) is 2. The molecule has 0 spiro atoms. The van der Waals surface area contributed by atoms with Gasteiger partial charge in [-0.3, -0.25) is 9.36 Å². The van der Waals surface area contributed by atoms with Crippen molar-refractivity contribution in [2.24, 2.45) is 0 Å². The fourth-order valence-corrected chi connectivity index (χ4v) is 2.27. The number of rotatable bonds is 1. The number of hydrogen-bond acceptors (Lipinski definition) is 3. The summed E-state index contributed by atoms with van der Waals surface area (Å²) < 4.78 is 6.96. The second-order valence-electron chi connectivity index (χ2n) is 3.95. The lowest BCUT2D eigenvalue weighted by atomic mass is 10.2. The van der Waals surface area contributed by atoms with Crippen LogP contribution in [0.1, 0.15) is 18.5 Å². The van der Waals surface area contributed by atoms with Crippen molar-refractivity contribution in [3.63, 3.8) is 0 Å². The van der Waals surface area contributed by atoms with E-state index in [2.05, 4.69) is 4.98 Å². The molecule has 0 saturated heterocycles. The van der Waals surface area contributed by atoms with Gasteiger partial charge in [0.25, 0.3) is 5.56 Å². The fourth-order valence-electron chi connectivity index (χ4n) is 2.27. The standard InChI is InChI=1S/C12H12N2O2/c1-16-11-7-6-10-13-9-5-3-2-4-8(9)12(15)14(10)11/h2-5,11H,6-7H2,1H3. The van der Waals surface area contributed by atoms with Crippen LogP contribution in [-0.2, 0) is 11.2 Å². The van der Waals surface area contributed by atoms with Crippen molar-refractivity contribution in [2.75, 3.05) is 7.11 Å². The third-order valence-corrected chi connectivity index (χ3v) is 3.06. The van der Waals surface area contributed by atoms with Crippen molar-refractivity contribution in [3.05, 3.63) is 40.4 Å². The van der Waals surface area contributed by atoms with Gasteiger partial charge in [0.1, 0.15) is 12.1 Å². The summed E-state index contributed by atoms with van der Waals surface area (Å²) in [5.74, 6) is 0.829. The predicted octanol–water partition coefficient (Wildman–Crippen LogP) is 1.49. The van der Waals surface area contributed by atoms with Crippen molar-refractivity contribution >= 4 is 10.9 Å². The van der Waals surface area contributed by atoms with E-state index in [1.165, 1.54) is 0 Å². The van der Waals surface area contributed by atoms with Crippen molar-refractivity contribution in [3.8, 4) is 0 Å². The summed E-state index contributed by atoms with van der Waals surface area (Å²) >= 11 is 0. The molecule has 0 radical (unpaired) electrons. The Morgan fingerprint density at radius 2 is 2.25 bits per heavy atom. The van der Waals surface area contributed by atoms with E-state index in [0.717, 1.165) is 24.2 Å². The van der Waals surface area contributed by atoms with Crippen LogP contribution in [0.25, 0.3) is 10.9 Å². The Bertz CT molecular complexity index is 603. The third-order valence-electron chi connectivity index (χ3n) is 3.06. The number of aromatic nitrogens is 2. The van der Waals surface area contributed by atoms with Gasteiger partial charge in [0.15, 0.2) is 0 Å². The minimum absolute atomic E-state index is 0.00458. The summed E-state index contributed by atoms with van der Waals surface area (Å²) in [4.78, 5) is 16.7. The van der Waals surface area contributed by atoms with Gasteiger partial charge in [-0.15, -0.1) is 0 Å². The first-order valence-corrected chi connectivity index (χ1v) is 5.34. The van der Waals surface area contributed by atoms with E-state index in [9.17, 15) is 4.79 Å². The quantitative estimate of drug-likeness (QED) is 0.725. The second kappa shape index (κ2) is 3.42. The first-order chi connectivity index (χ1) is 7.81. The monoisotopic (exact) mass is 216 g/mol. The summed E-state index contributed by atoms with van der Waals surface area (Å²) in [6.07, 6.45) is 1.48. The number of benzene rings is 1. The van der Waals surface area contributed by atoms with Crippen LogP contribution in [0.4, 0.5) is 0 Å². The van der Waals surface area contributed by atoms with Gasteiger partial charge in [-0.25, -0.2) is 4.98 Å². The smallest absolute Gasteiger partial charge is 0.263 e. The van der Waals surface area contributed by atoms with Crippen molar-refractivity contribution in [2.45, 2.75) is 19.1 Å². The van der Waals surface area contributed by atoms with Gasteiger partial charge < -0.3 is 4.74 Å². The first-order valence-electron chi connectivity index (χ1n) is 5.34. The molecule has 1 aliphatic rings. The highest BCUT2D eigenvalue weighted by Gasteiger charge is 2.24. The molecule has 82 valence electrons. The Hall–Kier alpha value is -1.68. The number of hydrogen-bond donors (Lipinski definition) is 0. The van der Waals surface area contributed by atoms with Crippen LogP contribution in [0, 0.1) is 0 Å². The van der Waals surface area contributed by atoms with E-state index in [1.54, 1.807) is 11.7 Å². The number of para-hydroxylation sites is 1. The average molecular weight is 216 g/mol. The molecule has 1 unspecified atom stereocenters. The molecule has 2 aromatic rings.